The molecule has 0 aromatic heterocycles. The van der Waals surface area contributed by atoms with Crippen LogP contribution in [0.3, 0.4) is 0 Å². The van der Waals surface area contributed by atoms with Gasteiger partial charge in [-0.1, -0.05) is 33.6 Å². The van der Waals surface area contributed by atoms with Crippen LogP contribution in [-0.2, 0) is 0 Å². The van der Waals surface area contributed by atoms with Crippen molar-refractivity contribution in [3.05, 3.63) is 0 Å². The Balaban J connectivity index is 1.67. The lowest BCUT2D eigenvalue weighted by molar-refractivity contribution is 0.00883. The molecule has 2 heteroatoms. The van der Waals surface area contributed by atoms with Crippen LogP contribution in [0.15, 0.2) is 0 Å². The Labute approximate surface area is 119 Å². The van der Waals surface area contributed by atoms with Crippen LogP contribution in [-0.4, -0.2) is 36.1 Å². The lowest BCUT2D eigenvalue weighted by Crippen LogP contribution is -2.67. The summed E-state index contributed by atoms with van der Waals surface area (Å²) in [4.78, 5) is 2.86. The van der Waals surface area contributed by atoms with E-state index < -0.39 is 0 Å². The molecule has 0 aromatic rings. The smallest absolute Gasteiger partial charge is 0.0334 e. The topological polar surface area (TPSA) is 15.3 Å². The number of rotatable bonds is 4. The van der Waals surface area contributed by atoms with Crippen molar-refractivity contribution in [2.75, 3.05) is 19.6 Å². The lowest BCUT2D eigenvalue weighted by Gasteiger charge is -2.51. The van der Waals surface area contributed by atoms with E-state index in [0.717, 1.165) is 11.8 Å². The number of hydrogen-bond acceptors (Lipinski definition) is 2. The zero-order valence-electron chi connectivity index (χ0n) is 13.3. The van der Waals surface area contributed by atoms with Crippen molar-refractivity contribution < 1.29 is 0 Å². The highest BCUT2D eigenvalue weighted by molar-refractivity contribution is 5.06. The summed E-state index contributed by atoms with van der Waals surface area (Å²) >= 11 is 0. The fourth-order valence-electron chi connectivity index (χ4n) is 3.71. The molecule has 3 aliphatic rings. The van der Waals surface area contributed by atoms with Gasteiger partial charge in [0.1, 0.15) is 0 Å². The van der Waals surface area contributed by atoms with Crippen molar-refractivity contribution in [1.82, 2.24) is 10.2 Å². The van der Waals surface area contributed by atoms with Crippen LogP contribution in [0.2, 0.25) is 0 Å². The van der Waals surface area contributed by atoms with E-state index >= 15 is 0 Å². The Kier molecular flexibility index (Phi) is 3.46. The Bertz CT molecular complexity index is 325. The number of nitrogens with zero attached hydrogens (tertiary/aromatic N) is 1. The molecule has 0 bridgehead atoms. The van der Waals surface area contributed by atoms with Crippen LogP contribution in [0.5, 0.6) is 0 Å². The first-order valence-electron chi connectivity index (χ1n) is 8.38. The minimum Gasteiger partial charge on any atom is -0.310 e. The maximum Gasteiger partial charge on any atom is 0.0334 e. The monoisotopic (exact) mass is 264 g/mol. The first-order valence-corrected chi connectivity index (χ1v) is 8.38. The Hall–Kier alpha value is -0.0800. The third kappa shape index (κ3) is 3.00. The maximum absolute atomic E-state index is 3.86. The number of piperazine rings is 1. The van der Waals surface area contributed by atoms with Gasteiger partial charge in [0.05, 0.1) is 0 Å². The molecular weight excluding hydrogens is 232 g/mol. The highest BCUT2D eigenvalue weighted by Crippen LogP contribution is 2.45. The summed E-state index contributed by atoms with van der Waals surface area (Å²) in [6.07, 6.45) is 7.35. The van der Waals surface area contributed by atoms with Gasteiger partial charge in [0.15, 0.2) is 0 Å². The van der Waals surface area contributed by atoms with E-state index in [4.69, 9.17) is 0 Å². The van der Waals surface area contributed by atoms with Crippen molar-refractivity contribution in [1.29, 1.82) is 0 Å². The molecule has 0 amide bonds. The van der Waals surface area contributed by atoms with Gasteiger partial charge in [-0.3, -0.25) is 4.90 Å². The van der Waals surface area contributed by atoms with E-state index in [9.17, 15) is 0 Å². The number of nitrogens with one attached hydrogen (secondary N) is 1. The summed E-state index contributed by atoms with van der Waals surface area (Å²) in [5, 5.41) is 3.86. The highest BCUT2D eigenvalue weighted by atomic mass is 15.3. The van der Waals surface area contributed by atoms with E-state index in [1.807, 2.05) is 0 Å². The summed E-state index contributed by atoms with van der Waals surface area (Å²) in [6.45, 7) is 13.4. The average molecular weight is 264 g/mol. The molecule has 2 nitrogen and oxygen atoms in total. The minimum atomic E-state index is 0.378. The van der Waals surface area contributed by atoms with Crippen molar-refractivity contribution >= 4 is 0 Å². The zero-order valence-corrected chi connectivity index (χ0v) is 13.3. The number of hydrogen-bond donors (Lipinski definition) is 1. The molecule has 2 aliphatic carbocycles. The fourth-order valence-corrected chi connectivity index (χ4v) is 3.71. The van der Waals surface area contributed by atoms with Crippen LogP contribution in [0.1, 0.15) is 59.8 Å². The molecule has 0 aromatic carbocycles. The Morgan fingerprint density at radius 2 is 1.84 bits per heavy atom. The van der Waals surface area contributed by atoms with Gasteiger partial charge in [-0.15, -0.1) is 0 Å². The van der Waals surface area contributed by atoms with Gasteiger partial charge in [0.25, 0.3) is 0 Å². The molecule has 0 spiro atoms. The van der Waals surface area contributed by atoms with Crippen LogP contribution >= 0.6 is 0 Å². The quantitative estimate of drug-likeness (QED) is 0.838. The van der Waals surface area contributed by atoms with Gasteiger partial charge in [0, 0.05) is 24.7 Å². The first kappa shape index (κ1) is 13.9. The molecule has 1 N–H and O–H groups in total. The third-order valence-corrected chi connectivity index (χ3v) is 5.84. The van der Waals surface area contributed by atoms with E-state index in [2.05, 4.69) is 37.9 Å². The van der Waals surface area contributed by atoms with Gasteiger partial charge >= 0.3 is 0 Å². The molecule has 110 valence electrons. The zero-order chi connectivity index (χ0) is 13.7. The van der Waals surface area contributed by atoms with Crippen molar-refractivity contribution in [3.63, 3.8) is 0 Å². The van der Waals surface area contributed by atoms with Gasteiger partial charge in [-0.2, -0.15) is 0 Å². The summed E-state index contributed by atoms with van der Waals surface area (Å²) in [5.74, 6) is 2.02. The summed E-state index contributed by atoms with van der Waals surface area (Å²) in [7, 11) is 0. The average Bonchev–Trinajstić information content (AvgIpc) is 3.17. The van der Waals surface area contributed by atoms with Gasteiger partial charge in [-0.05, 0) is 50.0 Å². The van der Waals surface area contributed by atoms with Crippen molar-refractivity contribution in [3.8, 4) is 0 Å². The molecule has 1 heterocycles. The van der Waals surface area contributed by atoms with Gasteiger partial charge in [-0.25, -0.2) is 0 Å². The molecular formula is C17H32N2. The normalized spacial score (nSPS) is 37.6. The standard InChI is InChI=1S/C17H32N2/c1-16(2,3)15-11-19(10-9-13-5-6-13)17(4,12-18-15)14-7-8-14/h13-15,18H,5-12H2,1-4H3. The third-order valence-electron chi connectivity index (χ3n) is 5.84. The molecule has 1 aliphatic heterocycles. The van der Waals surface area contributed by atoms with Crippen molar-refractivity contribution in [2.45, 2.75) is 71.4 Å². The van der Waals surface area contributed by atoms with Crippen molar-refractivity contribution in [2.24, 2.45) is 17.3 Å². The van der Waals surface area contributed by atoms with Gasteiger partial charge < -0.3 is 5.32 Å². The highest BCUT2D eigenvalue weighted by Gasteiger charge is 2.49. The molecule has 1 saturated heterocycles. The second kappa shape index (κ2) is 4.73. The maximum atomic E-state index is 3.86. The molecule has 3 rings (SSSR count). The molecule has 2 saturated carbocycles. The van der Waals surface area contributed by atoms with Gasteiger partial charge in [0.2, 0.25) is 0 Å². The fraction of sp³-hybridized carbons (Fsp3) is 1.00. The molecule has 0 radical (unpaired) electrons. The second-order valence-electron chi connectivity index (χ2n) is 8.61. The predicted molar refractivity (Wildman–Crippen MR) is 81.3 cm³/mol. The molecule has 19 heavy (non-hydrogen) atoms. The first-order chi connectivity index (χ1) is 8.89. The van der Waals surface area contributed by atoms with Crippen LogP contribution in [0.25, 0.3) is 0 Å². The Morgan fingerprint density at radius 1 is 1.16 bits per heavy atom. The van der Waals surface area contributed by atoms with Crippen LogP contribution in [0.4, 0.5) is 0 Å². The van der Waals surface area contributed by atoms with E-state index in [1.165, 1.54) is 51.7 Å². The van der Waals surface area contributed by atoms with Crippen LogP contribution < -0.4 is 5.32 Å². The van der Waals surface area contributed by atoms with E-state index in [0.29, 0.717) is 17.0 Å². The molecule has 2 unspecified atom stereocenters. The Morgan fingerprint density at radius 3 is 2.37 bits per heavy atom. The largest absolute Gasteiger partial charge is 0.310 e. The SMILES string of the molecule is CC(C)(C)C1CN(CCC2CC2)C(C)(C2CC2)CN1. The summed E-state index contributed by atoms with van der Waals surface area (Å²) in [6, 6.07) is 0.651. The van der Waals surface area contributed by atoms with E-state index in [1.54, 1.807) is 0 Å². The van der Waals surface area contributed by atoms with E-state index in [-0.39, 0.29) is 0 Å². The van der Waals surface area contributed by atoms with Crippen LogP contribution in [0, 0.1) is 17.3 Å². The lowest BCUT2D eigenvalue weighted by atomic mass is 9.81. The molecule has 3 fully saturated rings. The summed E-state index contributed by atoms with van der Waals surface area (Å²) < 4.78 is 0. The molecule has 2 atom stereocenters. The predicted octanol–water partition coefficient (Wildman–Crippen LogP) is 3.28. The second-order valence-corrected chi connectivity index (χ2v) is 8.61. The summed E-state index contributed by atoms with van der Waals surface area (Å²) in [5.41, 5.74) is 0.819. The minimum absolute atomic E-state index is 0.378.